The monoisotopic (exact) mass is 302 g/mol. The number of hydrogen-bond donors (Lipinski definition) is 0. The first-order chi connectivity index (χ1) is 10.2. The number of Topliss-reactive ketones (excluding diaryl/α,β-unsaturated/α-hetero) is 1. The maximum absolute atomic E-state index is 12.0. The predicted octanol–water partition coefficient (Wildman–Crippen LogP) is 4.90. The van der Waals surface area contributed by atoms with Gasteiger partial charge in [-0.15, -0.1) is 0 Å². The number of benzene rings is 1. The van der Waals surface area contributed by atoms with Crippen molar-refractivity contribution in [2.24, 2.45) is 0 Å². The highest BCUT2D eigenvalue weighted by Crippen LogP contribution is 2.29. The van der Waals surface area contributed by atoms with Crippen LogP contribution >= 0.6 is 11.8 Å². The summed E-state index contributed by atoms with van der Waals surface area (Å²) in [5.74, 6) is 2.03. The zero-order chi connectivity index (χ0) is 15.1. The van der Waals surface area contributed by atoms with Crippen molar-refractivity contribution in [3.05, 3.63) is 60.1 Å². The zero-order valence-electron chi connectivity index (χ0n) is 12.6. The van der Waals surface area contributed by atoms with Crippen molar-refractivity contribution in [1.29, 1.82) is 0 Å². The molecule has 1 heterocycles. The number of thioether (sulfide) groups is 1. The summed E-state index contributed by atoms with van der Waals surface area (Å²) in [5, 5.41) is 0.504. The van der Waals surface area contributed by atoms with Crippen molar-refractivity contribution < 1.29 is 9.21 Å². The molecule has 2 aromatic rings. The molecule has 0 fully saturated rings. The van der Waals surface area contributed by atoms with Gasteiger partial charge in [-0.2, -0.15) is 11.8 Å². The van der Waals surface area contributed by atoms with Crippen LogP contribution in [-0.2, 0) is 4.79 Å². The van der Waals surface area contributed by atoms with Crippen LogP contribution in [0.1, 0.15) is 43.9 Å². The second-order valence-electron chi connectivity index (χ2n) is 5.42. The zero-order valence-corrected chi connectivity index (χ0v) is 13.4. The van der Waals surface area contributed by atoms with Gasteiger partial charge >= 0.3 is 0 Å². The van der Waals surface area contributed by atoms with Crippen LogP contribution in [0, 0.1) is 0 Å². The standard InChI is InChI=1S/C18H22O2S/c1-14(2)21-13-16(19)10-11-17(18-9-6-12-20-18)15-7-4-3-5-8-15/h3-9,12,14,17H,10-11,13H2,1-2H3. The quantitative estimate of drug-likeness (QED) is 0.694. The maximum atomic E-state index is 12.0. The van der Waals surface area contributed by atoms with Crippen LogP contribution in [0.3, 0.4) is 0 Å². The lowest BCUT2D eigenvalue weighted by atomic mass is 9.91. The number of rotatable bonds is 8. The third-order valence-electron chi connectivity index (χ3n) is 3.38. The van der Waals surface area contributed by atoms with E-state index < -0.39 is 0 Å². The van der Waals surface area contributed by atoms with Gasteiger partial charge in [-0.25, -0.2) is 0 Å². The van der Waals surface area contributed by atoms with Crippen LogP contribution in [-0.4, -0.2) is 16.8 Å². The van der Waals surface area contributed by atoms with E-state index in [0.29, 0.717) is 23.2 Å². The molecule has 0 radical (unpaired) electrons. The summed E-state index contributed by atoms with van der Waals surface area (Å²) in [5.41, 5.74) is 1.21. The topological polar surface area (TPSA) is 30.2 Å². The molecule has 3 heteroatoms. The number of furan rings is 1. The highest BCUT2D eigenvalue weighted by atomic mass is 32.2. The lowest BCUT2D eigenvalue weighted by Crippen LogP contribution is -2.08. The number of carbonyl (C=O) groups is 1. The minimum absolute atomic E-state index is 0.161. The van der Waals surface area contributed by atoms with Crippen molar-refractivity contribution in [1.82, 2.24) is 0 Å². The smallest absolute Gasteiger partial charge is 0.142 e. The molecule has 1 aromatic carbocycles. The first-order valence-corrected chi connectivity index (χ1v) is 8.43. The van der Waals surface area contributed by atoms with E-state index in [0.717, 1.165) is 12.2 Å². The van der Waals surface area contributed by atoms with Gasteiger partial charge in [0.25, 0.3) is 0 Å². The van der Waals surface area contributed by atoms with E-state index in [4.69, 9.17) is 4.42 Å². The predicted molar refractivity (Wildman–Crippen MR) is 88.8 cm³/mol. The van der Waals surface area contributed by atoms with Gasteiger partial charge in [0, 0.05) is 12.3 Å². The SMILES string of the molecule is CC(C)SCC(=O)CCC(c1ccccc1)c1ccco1. The summed E-state index contributed by atoms with van der Waals surface area (Å²) < 4.78 is 5.56. The second kappa shape index (κ2) is 8.08. The van der Waals surface area contributed by atoms with Gasteiger partial charge in [0.15, 0.2) is 0 Å². The Balaban J connectivity index is 1.99. The summed E-state index contributed by atoms with van der Waals surface area (Å²) in [6, 6.07) is 14.2. The maximum Gasteiger partial charge on any atom is 0.142 e. The van der Waals surface area contributed by atoms with Crippen molar-refractivity contribution >= 4 is 17.5 Å². The average Bonchev–Trinajstić information content (AvgIpc) is 3.00. The number of carbonyl (C=O) groups excluding carboxylic acids is 1. The summed E-state index contributed by atoms with van der Waals surface area (Å²) >= 11 is 1.71. The van der Waals surface area contributed by atoms with Gasteiger partial charge in [-0.05, 0) is 29.4 Å². The minimum Gasteiger partial charge on any atom is -0.469 e. The molecule has 0 aliphatic rings. The molecule has 2 rings (SSSR count). The summed E-state index contributed by atoms with van der Waals surface area (Å²) in [6.07, 6.45) is 3.09. The molecule has 0 amide bonds. The van der Waals surface area contributed by atoms with Gasteiger partial charge in [0.05, 0.1) is 12.0 Å². The molecule has 0 aliphatic carbocycles. The molecule has 0 N–H and O–H groups in total. The Morgan fingerprint density at radius 3 is 2.52 bits per heavy atom. The van der Waals surface area contributed by atoms with Gasteiger partial charge in [0.1, 0.15) is 11.5 Å². The molecule has 2 nitrogen and oxygen atoms in total. The molecule has 112 valence electrons. The van der Waals surface area contributed by atoms with Crippen LogP contribution in [0.5, 0.6) is 0 Å². The highest BCUT2D eigenvalue weighted by molar-refractivity contribution is 8.00. The van der Waals surface area contributed by atoms with Crippen LogP contribution in [0.15, 0.2) is 53.1 Å². The molecular weight excluding hydrogens is 280 g/mol. The molecular formula is C18H22O2S. The third-order valence-corrected chi connectivity index (χ3v) is 4.53. The summed E-state index contributed by atoms with van der Waals surface area (Å²) in [4.78, 5) is 12.0. The van der Waals surface area contributed by atoms with E-state index in [1.54, 1.807) is 18.0 Å². The lowest BCUT2D eigenvalue weighted by Gasteiger charge is -2.15. The van der Waals surface area contributed by atoms with Crippen LogP contribution in [0.25, 0.3) is 0 Å². The summed E-state index contributed by atoms with van der Waals surface area (Å²) in [7, 11) is 0. The van der Waals surface area contributed by atoms with Gasteiger partial charge < -0.3 is 4.42 Å². The normalized spacial score (nSPS) is 12.5. The molecule has 0 spiro atoms. The Morgan fingerprint density at radius 2 is 1.90 bits per heavy atom. The molecule has 0 saturated carbocycles. The van der Waals surface area contributed by atoms with Crippen molar-refractivity contribution in [2.75, 3.05) is 5.75 Å². The lowest BCUT2D eigenvalue weighted by molar-refractivity contribution is -0.116. The van der Waals surface area contributed by atoms with E-state index in [2.05, 4.69) is 26.0 Å². The Kier molecular flexibility index (Phi) is 6.12. The second-order valence-corrected chi connectivity index (χ2v) is 6.98. The number of ketones is 1. The molecule has 21 heavy (non-hydrogen) atoms. The van der Waals surface area contributed by atoms with E-state index >= 15 is 0 Å². The molecule has 1 atom stereocenters. The largest absolute Gasteiger partial charge is 0.469 e. The Hall–Kier alpha value is -1.48. The van der Waals surface area contributed by atoms with E-state index in [-0.39, 0.29) is 5.92 Å². The molecule has 0 aliphatic heterocycles. The fraction of sp³-hybridized carbons (Fsp3) is 0.389. The van der Waals surface area contributed by atoms with Gasteiger partial charge in [0.2, 0.25) is 0 Å². The highest BCUT2D eigenvalue weighted by Gasteiger charge is 2.18. The Morgan fingerprint density at radius 1 is 1.14 bits per heavy atom. The summed E-state index contributed by atoms with van der Waals surface area (Å²) in [6.45, 7) is 4.24. The fourth-order valence-electron chi connectivity index (χ4n) is 2.29. The first-order valence-electron chi connectivity index (χ1n) is 7.38. The van der Waals surface area contributed by atoms with Crippen molar-refractivity contribution in [3.8, 4) is 0 Å². The molecule has 1 aromatic heterocycles. The van der Waals surface area contributed by atoms with Crippen LogP contribution < -0.4 is 0 Å². The van der Waals surface area contributed by atoms with Crippen LogP contribution in [0.2, 0.25) is 0 Å². The number of hydrogen-bond acceptors (Lipinski definition) is 3. The van der Waals surface area contributed by atoms with Crippen molar-refractivity contribution in [2.45, 2.75) is 37.9 Å². The average molecular weight is 302 g/mol. The van der Waals surface area contributed by atoms with E-state index in [9.17, 15) is 4.79 Å². The van der Waals surface area contributed by atoms with E-state index in [1.165, 1.54) is 5.56 Å². The van der Waals surface area contributed by atoms with Gasteiger partial charge in [-0.1, -0.05) is 44.2 Å². The van der Waals surface area contributed by atoms with E-state index in [1.807, 2.05) is 30.3 Å². The molecule has 0 bridgehead atoms. The van der Waals surface area contributed by atoms with Crippen LogP contribution in [0.4, 0.5) is 0 Å². The fourth-order valence-corrected chi connectivity index (χ4v) is 2.95. The van der Waals surface area contributed by atoms with Crippen molar-refractivity contribution in [3.63, 3.8) is 0 Å². The molecule has 0 saturated heterocycles. The Bertz CT molecular complexity index is 532. The van der Waals surface area contributed by atoms with Gasteiger partial charge in [-0.3, -0.25) is 4.79 Å². The third kappa shape index (κ3) is 5.09. The minimum atomic E-state index is 0.161. The Labute approximate surface area is 130 Å². The first kappa shape index (κ1) is 15.9. The molecule has 1 unspecified atom stereocenters.